The van der Waals surface area contributed by atoms with Crippen molar-refractivity contribution in [2.45, 2.75) is 18.9 Å². The number of alkyl halides is 1. The highest BCUT2D eigenvalue weighted by atomic mass is 79.9. The third kappa shape index (κ3) is 3.25. The van der Waals surface area contributed by atoms with Crippen LogP contribution >= 0.6 is 15.9 Å². The molecule has 120 valence electrons. The van der Waals surface area contributed by atoms with Crippen LogP contribution in [0, 0.1) is 0 Å². The molecule has 1 atom stereocenters. The van der Waals surface area contributed by atoms with E-state index in [2.05, 4.69) is 25.6 Å². The number of ether oxygens (including phenoxy) is 1. The van der Waals surface area contributed by atoms with Crippen LogP contribution < -0.4 is 4.72 Å². The molecule has 1 aromatic rings. The van der Waals surface area contributed by atoms with E-state index in [1.54, 1.807) is 18.2 Å². The number of rotatable bonds is 6. The maximum Gasteiger partial charge on any atom is 0.252 e. The number of aliphatic hydroxyl groups excluding tert-OH is 1. The second-order valence-corrected chi connectivity index (χ2v) is 7.46. The molecule has 2 rings (SSSR count). The number of pyridine rings is 1. The van der Waals surface area contributed by atoms with Gasteiger partial charge in [0, 0.05) is 11.5 Å². The number of halogens is 1. The van der Waals surface area contributed by atoms with E-state index in [1.165, 1.54) is 13.1 Å². The van der Waals surface area contributed by atoms with Crippen molar-refractivity contribution in [3.8, 4) is 0 Å². The first-order valence-corrected chi connectivity index (χ1v) is 9.22. The van der Waals surface area contributed by atoms with E-state index >= 15 is 0 Å². The fourth-order valence-corrected chi connectivity index (χ4v) is 3.65. The number of sulfonamides is 1. The van der Waals surface area contributed by atoms with E-state index in [9.17, 15) is 18.3 Å². The summed E-state index contributed by atoms with van der Waals surface area (Å²) in [6.45, 7) is 1.42. The number of hydrogen-bond acceptors (Lipinski definition) is 6. The minimum absolute atomic E-state index is 0.160. The first-order chi connectivity index (χ1) is 10.3. The van der Waals surface area contributed by atoms with Crippen molar-refractivity contribution < 1.29 is 23.1 Å². The van der Waals surface area contributed by atoms with Crippen LogP contribution in [0.5, 0.6) is 0 Å². The molecule has 0 aliphatic carbocycles. The SMILES string of the molecule is CC1(c2ccccn2)OC(NS(=O)(=O)CCCBr)=C(O)C1=O. The molecule has 1 unspecified atom stereocenters. The standard InChI is InChI=1S/C13H15BrN2O5S/c1-13(9-5-2-3-7-15-9)11(18)10(17)12(21-13)16-22(19,20)8-4-6-14/h2-3,5,7,16-17H,4,6,8H2,1H3. The molecule has 9 heteroatoms. The van der Waals surface area contributed by atoms with Gasteiger partial charge in [-0.25, -0.2) is 8.42 Å². The zero-order chi connectivity index (χ0) is 16.4. The van der Waals surface area contributed by atoms with Gasteiger partial charge in [0.1, 0.15) is 0 Å². The summed E-state index contributed by atoms with van der Waals surface area (Å²) in [7, 11) is -3.71. The van der Waals surface area contributed by atoms with Crippen LogP contribution in [0.25, 0.3) is 0 Å². The highest BCUT2D eigenvalue weighted by Crippen LogP contribution is 2.35. The molecule has 0 fully saturated rings. The van der Waals surface area contributed by atoms with E-state index in [4.69, 9.17) is 4.74 Å². The van der Waals surface area contributed by atoms with Gasteiger partial charge >= 0.3 is 0 Å². The molecule has 0 saturated carbocycles. The Kier molecular flexibility index (Phi) is 4.76. The second kappa shape index (κ2) is 6.25. The van der Waals surface area contributed by atoms with Crippen molar-refractivity contribution in [2.24, 2.45) is 0 Å². The van der Waals surface area contributed by atoms with Gasteiger partial charge in [0.2, 0.25) is 27.3 Å². The predicted octanol–water partition coefficient (Wildman–Crippen LogP) is 1.33. The number of carbonyl (C=O) groups is 1. The molecule has 0 amide bonds. The summed E-state index contributed by atoms with van der Waals surface area (Å²) in [6.07, 6.45) is 1.86. The average molecular weight is 391 g/mol. The Morgan fingerprint density at radius 1 is 1.45 bits per heavy atom. The number of aromatic nitrogens is 1. The van der Waals surface area contributed by atoms with E-state index < -0.39 is 33.0 Å². The van der Waals surface area contributed by atoms with E-state index in [0.29, 0.717) is 11.8 Å². The van der Waals surface area contributed by atoms with Gasteiger partial charge in [-0.1, -0.05) is 22.0 Å². The first-order valence-electron chi connectivity index (χ1n) is 6.45. The molecule has 2 N–H and O–H groups in total. The first kappa shape index (κ1) is 16.8. The Bertz CT molecular complexity index is 704. The second-order valence-electron chi connectivity index (χ2n) is 4.82. The van der Waals surface area contributed by atoms with Gasteiger partial charge in [0.15, 0.2) is 0 Å². The number of carbonyl (C=O) groups excluding carboxylic acids is 1. The van der Waals surface area contributed by atoms with Crippen molar-refractivity contribution >= 4 is 31.7 Å². The number of hydrogen-bond donors (Lipinski definition) is 2. The van der Waals surface area contributed by atoms with Gasteiger partial charge in [-0.05, 0) is 25.5 Å². The lowest BCUT2D eigenvalue weighted by molar-refractivity contribution is -0.132. The fourth-order valence-electron chi connectivity index (χ4n) is 1.95. The highest BCUT2D eigenvalue weighted by Gasteiger charge is 2.49. The molecule has 22 heavy (non-hydrogen) atoms. The van der Waals surface area contributed by atoms with Crippen molar-refractivity contribution in [2.75, 3.05) is 11.1 Å². The Hall–Kier alpha value is -1.61. The number of ketones is 1. The Morgan fingerprint density at radius 3 is 2.77 bits per heavy atom. The van der Waals surface area contributed by atoms with Gasteiger partial charge in [-0.2, -0.15) is 0 Å². The third-order valence-corrected chi connectivity index (χ3v) is 5.00. The largest absolute Gasteiger partial charge is 0.501 e. The monoisotopic (exact) mass is 390 g/mol. The molecular formula is C13H15BrN2O5S. The smallest absolute Gasteiger partial charge is 0.252 e. The van der Waals surface area contributed by atoms with Gasteiger partial charge in [-0.15, -0.1) is 0 Å². The summed E-state index contributed by atoms with van der Waals surface area (Å²) in [5, 5.41) is 10.4. The summed E-state index contributed by atoms with van der Waals surface area (Å²) >= 11 is 3.14. The van der Waals surface area contributed by atoms with Crippen molar-refractivity contribution in [1.29, 1.82) is 0 Å². The minimum atomic E-state index is -3.71. The minimum Gasteiger partial charge on any atom is -0.501 e. The van der Waals surface area contributed by atoms with E-state index in [0.717, 1.165) is 0 Å². The molecule has 0 aromatic carbocycles. The van der Waals surface area contributed by atoms with Crippen LogP contribution in [-0.4, -0.2) is 35.4 Å². The summed E-state index contributed by atoms with van der Waals surface area (Å²) in [4.78, 5) is 16.3. The fraction of sp³-hybridized carbons (Fsp3) is 0.385. The third-order valence-electron chi connectivity index (χ3n) is 3.12. The molecule has 7 nitrogen and oxygen atoms in total. The molecule has 1 aliphatic rings. The summed E-state index contributed by atoms with van der Waals surface area (Å²) in [5.74, 6) is -2.12. The van der Waals surface area contributed by atoms with Gasteiger partial charge < -0.3 is 9.84 Å². The lowest BCUT2D eigenvalue weighted by Crippen LogP contribution is -2.33. The van der Waals surface area contributed by atoms with Crippen LogP contribution in [0.1, 0.15) is 19.0 Å². The number of nitrogens with one attached hydrogen (secondary N) is 1. The average Bonchev–Trinajstić information content (AvgIpc) is 2.71. The molecule has 0 bridgehead atoms. The molecule has 0 spiro atoms. The number of nitrogens with zero attached hydrogens (tertiary/aromatic N) is 1. The molecule has 0 saturated heterocycles. The molecular weight excluding hydrogens is 376 g/mol. The van der Waals surface area contributed by atoms with Gasteiger partial charge in [0.05, 0.1) is 11.4 Å². The van der Waals surface area contributed by atoms with Gasteiger partial charge in [0.25, 0.3) is 5.78 Å². The van der Waals surface area contributed by atoms with Crippen LogP contribution in [0.15, 0.2) is 36.0 Å². The molecule has 2 heterocycles. The molecule has 0 radical (unpaired) electrons. The van der Waals surface area contributed by atoms with Crippen LogP contribution in [0.2, 0.25) is 0 Å². The maximum atomic E-state index is 12.2. The Balaban J connectivity index is 2.24. The summed E-state index contributed by atoms with van der Waals surface area (Å²) in [6, 6.07) is 4.90. The van der Waals surface area contributed by atoms with Crippen LogP contribution in [0.4, 0.5) is 0 Å². The van der Waals surface area contributed by atoms with E-state index in [-0.39, 0.29) is 11.4 Å². The molecule has 1 aliphatic heterocycles. The lowest BCUT2D eigenvalue weighted by atomic mass is 9.96. The van der Waals surface area contributed by atoms with E-state index in [1.807, 2.05) is 0 Å². The summed E-state index contributed by atoms with van der Waals surface area (Å²) < 4.78 is 31.2. The number of aliphatic hydroxyl groups is 1. The molecule has 1 aromatic heterocycles. The Morgan fingerprint density at radius 2 is 2.18 bits per heavy atom. The quantitative estimate of drug-likeness (QED) is 0.709. The van der Waals surface area contributed by atoms with Crippen LogP contribution in [0.3, 0.4) is 0 Å². The summed E-state index contributed by atoms with van der Waals surface area (Å²) in [5.41, 5.74) is -1.28. The predicted molar refractivity (Wildman–Crippen MR) is 82.7 cm³/mol. The topological polar surface area (TPSA) is 106 Å². The zero-order valence-corrected chi connectivity index (χ0v) is 14.1. The maximum absolute atomic E-state index is 12.2. The van der Waals surface area contributed by atoms with Gasteiger partial charge in [-0.3, -0.25) is 14.5 Å². The van der Waals surface area contributed by atoms with Crippen molar-refractivity contribution in [3.63, 3.8) is 0 Å². The Labute approximate surface area is 136 Å². The van der Waals surface area contributed by atoms with Crippen molar-refractivity contribution in [1.82, 2.24) is 9.71 Å². The van der Waals surface area contributed by atoms with Crippen LogP contribution in [-0.2, 0) is 25.2 Å². The zero-order valence-electron chi connectivity index (χ0n) is 11.7. The lowest BCUT2D eigenvalue weighted by Gasteiger charge is -2.22. The highest BCUT2D eigenvalue weighted by molar-refractivity contribution is 9.09. The normalized spacial score (nSPS) is 21.8. The number of Topliss-reactive ketones (excluding diaryl/α,β-unsaturated/α-hetero) is 1. The van der Waals surface area contributed by atoms with Crippen molar-refractivity contribution in [3.05, 3.63) is 41.7 Å².